The van der Waals surface area contributed by atoms with Crippen LogP contribution in [0, 0.1) is 19.8 Å². The van der Waals surface area contributed by atoms with Gasteiger partial charge in [0.15, 0.2) is 5.65 Å². The molecule has 11 nitrogen and oxygen atoms in total. The quantitative estimate of drug-likeness (QED) is 0.216. The van der Waals surface area contributed by atoms with Crippen molar-refractivity contribution in [2.75, 3.05) is 26.2 Å². The van der Waals surface area contributed by atoms with Crippen molar-refractivity contribution < 1.29 is 23.5 Å². The second-order valence-corrected chi connectivity index (χ2v) is 15.5. The zero-order valence-corrected chi connectivity index (χ0v) is 31.1. The summed E-state index contributed by atoms with van der Waals surface area (Å²) in [6.45, 7) is 2.35. The van der Waals surface area contributed by atoms with Crippen molar-refractivity contribution >= 4 is 34.2 Å². The number of halogens is 2. The van der Waals surface area contributed by atoms with Gasteiger partial charge in [-0.1, -0.05) is 48.5 Å². The Kier molecular flexibility index (Phi) is 9.42. The van der Waals surface area contributed by atoms with Gasteiger partial charge in [-0.25, -0.2) is 18.7 Å². The van der Waals surface area contributed by atoms with Gasteiger partial charge < -0.3 is 19.5 Å². The molecule has 3 atom stereocenters. The predicted molar refractivity (Wildman–Crippen MR) is 204 cm³/mol. The van der Waals surface area contributed by atoms with Gasteiger partial charge in [-0.15, -0.1) is 11.3 Å². The van der Waals surface area contributed by atoms with E-state index in [9.17, 15) is 19.5 Å². The van der Waals surface area contributed by atoms with Crippen LogP contribution >= 0.6 is 11.3 Å². The van der Waals surface area contributed by atoms with Gasteiger partial charge in [-0.05, 0) is 56.2 Å². The van der Waals surface area contributed by atoms with E-state index < -0.39 is 54.3 Å². The maximum atomic E-state index is 16.1. The lowest BCUT2D eigenvalue weighted by molar-refractivity contribution is -0.223. The lowest BCUT2D eigenvalue weighted by Crippen LogP contribution is -2.64. The Morgan fingerprint density at radius 1 is 0.945 bits per heavy atom. The van der Waals surface area contributed by atoms with Crippen molar-refractivity contribution in [3.05, 3.63) is 130 Å². The zero-order valence-electron chi connectivity index (χ0n) is 30.3. The predicted octanol–water partition coefficient (Wildman–Crippen LogP) is 5.87. The first-order valence-corrected chi connectivity index (χ1v) is 19.0. The number of thiazole rings is 1. The van der Waals surface area contributed by atoms with Crippen LogP contribution in [0.25, 0.3) is 27.3 Å². The number of fused-ring (bicyclic) bond motifs is 1. The van der Waals surface area contributed by atoms with Crippen LogP contribution in [0.2, 0.25) is 0 Å². The van der Waals surface area contributed by atoms with Crippen LogP contribution in [0.4, 0.5) is 8.78 Å². The maximum Gasteiger partial charge on any atom is 0.295 e. The summed E-state index contributed by atoms with van der Waals surface area (Å²) >= 11 is 1.30. The normalized spacial score (nSPS) is 21.2. The first-order chi connectivity index (χ1) is 26.4. The molecule has 2 amide bonds. The molecule has 55 heavy (non-hydrogen) atoms. The standard InChI is InChI=1S/C41H39F2N7O4S/c1-26-13-14-29(21-44-26)36-46-27(2)34(55-36)39(53)47-18-15-31(33(22-47)28-9-5-3-6-10-28)37(51)48-20-17-40(54,41(42,43)24-48)23-49-25-45-35-32(38(49)52)16-19-50(35)30-11-7-4-8-12-30/h3-14,16,19,21,25,31,33,54H,15,17-18,20,22-24H2,1-2H3/t31-,33+,40?/m1/s1. The van der Waals surface area contributed by atoms with Crippen LogP contribution in [0.1, 0.15) is 45.4 Å². The Balaban J connectivity index is 0.991. The van der Waals surface area contributed by atoms with Gasteiger partial charge in [0, 0.05) is 67.2 Å². The molecule has 1 N–H and O–H groups in total. The number of hydrogen-bond acceptors (Lipinski definition) is 8. The molecule has 0 bridgehead atoms. The topological polar surface area (TPSA) is 126 Å². The summed E-state index contributed by atoms with van der Waals surface area (Å²) in [5, 5.41) is 12.4. The van der Waals surface area contributed by atoms with E-state index in [4.69, 9.17) is 0 Å². The molecular formula is C41H39F2N7O4S. The molecule has 2 fully saturated rings. The zero-order chi connectivity index (χ0) is 38.5. The number of likely N-dealkylation sites (tertiary alicyclic amines) is 2. The first-order valence-electron chi connectivity index (χ1n) is 18.2. The highest BCUT2D eigenvalue weighted by Crippen LogP contribution is 2.41. The molecule has 1 unspecified atom stereocenters. The number of rotatable bonds is 7. The SMILES string of the molecule is Cc1ccc(-c2nc(C)c(C(=O)N3CC[C@@H](C(=O)N4CCC(O)(Cn5cnc6c(ccn6-c6ccccc6)c5=O)C(F)(F)C4)[C@H](c4ccccc4)C3)s2)cn1. The van der Waals surface area contributed by atoms with Gasteiger partial charge in [0.25, 0.3) is 17.4 Å². The van der Waals surface area contributed by atoms with Crippen LogP contribution in [0.5, 0.6) is 0 Å². The van der Waals surface area contributed by atoms with Crippen LogP contribution in [0.3, 0.4) is 0 Å². The number of nitrogens with zero attached hydrogens (tertiary/aromatic N) is 7. The van der Waals surface area contributed by atoms with E-state index in [1.165, 1.54) is 17.7 Å². The van der Waals surface area contributed by atoms with Crippen molar-refractivity contribution in [3.8, 4) is 16.3 Å². The molecule has 2 aliphatic rings. The third kappa shape index (κ3) is 6.73. The maximum absolute atomic E-state index is 16.1. The number of carbonyl (C=O) groups is 2. The first kappa shape index (κ1) is 36.4. The number of amides is 2. The number of carbonyl (C=O) groups excluding carboxylic acids is 2. The minimum Gasteiger partial charge on any atom is -0.382 e. The Morgan fingerprint density at radius 2 is 1.69 bits per heavy atom. The van der Waals surface area contributed by atoms with Gasteiger partial charge >= 0.3 is 0 Å². The van der Waals surface area contributed by atoms with E-state index in [0.717, 1.165) is 32.0 Å². The molecule has 2 aliphatic heterocycles. The average molecular weight is 764 g/mol. The largest absolute Gasteiger partial charge is 0.382 e. The van der Waals surface area contributed by atoms with Gasteiger partial charge in [0.1, 0.15) is 21.8 Å². The summed E-state index contributed by atoms with van der Waals surface area (Å²) in [7, 11) is 0. The van der Waals surface area contributed by atoms with E-state index >= 15 is 8.78 Å². The Bertz CT molecular complexity index is 2430. The number of aromatic nitrogens is 5. The number of aryl methyl sites for hydroxylation is 2. The number of alkyl halides is 2. The molecule has 6 aromatic rings. The van der Waals surface area contributed by atoms with Crippen LogP contribution < -0.4 is 5.56 Å². The highest BCUT2D eigenvalue weighted by Gasteiger charge is 2.58. The van der Waals surface area contributed by atoms with Gasteiger partial charge in [0.2, 0.25) is 5.91 Å². The van der Waals surface area contributed by atoms with Crippen molar-refractivity contribution in [1.29, 1.82) is 0 Å². The molecule has 0 radical (unpaired) electrons. The summed E-state index contributed by atoms with van der Waals surface area (Å²) in [6, 6.07) is 24.0. The molecule has 6 heterocycles. The molecule has 8 rings (SSSR count). The van der Waals surface area contributed by atoms with E-state index in [0.29, 0.717) is 21.2 Å². The lowest BCUT2D eigenvalue weighted by atomic mass is 9.78. The highest BCUT2D eigenvalue weighted by molar-refractivity contribution is 7.17. The van der Waals surface area contributed by atoms with Crippen molar-refractivity contribution in [2.45, 2.75) is 50.7 Å². The summed E-state index contributed by atoms with van der Waals surface area (Å²) in [5.74, 6) is -5.50. The van der Waals surface area contributed by atoms with Crippen LogP contribution in [-0.2, 0) is 11.3 Å². The molecular weight excluding hydrogens is 725 g/mol. The van der Waals surface area contributed by atoms with Crippen LogP contribution in [0.15, 0.2) is 102 Å². The Labute approximate surface area is 319 Å². The number of para-hydroxylation sites is 1. The number of hydrogen-bond donors (Lipinski definition) is 1. The molecule has 2 aromatic carbocycles. The fraction of sp³-hybridized carbons (Fsp3) is 0.317. The van der Waals surface area contributed by atoms with Gasteiger partial charge in [-0.3, -0.25) is 23.9 Å². The summed E-state index contributed by atoms with van der Waals surface area (Å²) < 4.78 is 35.0. The monoisotopic (exact) mass is 763 g/mol. The van der Waals surface area contributed by atoms with E-state index in [1.54, 1.807) is 34.9 Å². The van der Waals surface area contributed by atoms with Crippen molar-refractivity contribution in [2.24, 2.45) is 5.92 Å². The summed E-state index contributed by atoms with van der Waals surface area (Å²) in [4.78, 5) is 58.4. The fourth-order valence-electron chi connectivity index (χ4n) is 7.76. The molecule has 14 heteroatoms. The summed E-state index contributed by atoms with van der Waals surface area (Å²) in [6.07, 6.45) is 4.43. The van der Waals surface area contributed by atoms with E-state index in [-0.39, 0.29) is 37.3 Å². The fourth-order valence-corrected chi connectivity index (χ4v) is 8.78. The molecule has 4 aromatic heterocycles. The number of piperidine rings is 2. The number of benzene rings is 2. The van der Waals surface area contributed by atoms with Crippen LogP contribution in [-0.4, -0.2) is 88.5 Å². The smallest absolute Gasteiger partial charge is 0.295 e. The average Bonchev–Trinajstić information content (AvgIpc) is 3.81. The third-order valence-electron chi connectivity index (χ3n) is 10.9. The number of aliphatic hydroxyl groups is 1. The van der Waals surface area contributed by atoms with Gasteiger partial charge in [-0.2, -0.15) is 0 Å². The lowest BCUT2D eigenvalue weighted by Gasteiger charge is -2.46. The molecule has 0 spiro atoms. The molecule has 0 aliphatic carbocycles. The summed E-state index contributed by atoms with van der Waals surface area (Å²) in [5.41, 5.74) is 1.14. The second-order valence-electron chi connectivity index (χ2n) is 14.5. The third-order valence-corrected chi connectivity index (χ3v) is 12.1. The van der Waals surface area contributed by atoms with Gasteiger partial charge in [0.05, 0.1) is 24.2 Å². The van der Waals surface area contributed by atoms with E-state index in [1.807, 2.05) is 79.7 Å². The minimum atomic E-state index is -3.74. The molecule has 282 valence electrons. The van der Waals surface area contributed by atoms with E-state index in [2.05, 4.69) is 15.0 Å². The molecule has 2 saturated heterocycles. The highest BCUT2D eigenvalue weighted by atomic mass is 32.1. The Hall–Kier alpha value is -5.60. The second kappa shape index (κ2) is 14.2. The van der Waals surface area contributed by atoms with Crippen molar-refractivity contribution in [3.63, 3.8) is 0 Å². The van der Waals surface area contributed by atoms with Crippen molar-refractivity contribution in [1.82, 2.24) is 33.9 Å². The Morgan fingerprint density at radius 3 is 2.40 bits per heavy atom. The number of pyridine rings is 1. The molecule has 0 saturated carbocycles. The minimum absolute atomic E-state index is 0.128.